The number of rotatable bonds is 10. The van der Waals surface area contributed by atoms with Gasteiger partial charge in [-0.05, 0) is 53.7 Å². The Morgan fingerprint density at radius 2 is 1.72 bits per heavy atom. The van der Waals surface area contributed by atoms with Crippen LogP contribution in [0.25, 0.3) is 17.5 Å². The Hall–Kier alpha value is -4.31. The third-order valence-corrected chi connectivity index (χ3v) is 5.78. The van der Waals surface area contributed by atoms with E-state index >= 15 is 0 Å². The van der Waals surface area contributed by atoms with Crippen molar-refractivity contribution < 1.29 is 32.9 Å². The standard InChI is InChI=1S/C26H21FN2O6S/c1-32-20-11-18(12-21(14-20)33-2)24-28-29-26(35-24)36-23(25(30)31)13-17-5-3-4-6-22(17)34-15-16-7-9-19(27)10-8-16/h3-14H,15H2,1-2H3,(H,30,31)/b23-13-. The summed E-state index contributed by atoms with van der Waals surface area (Å²) in [4.78, 5) is 11.9. The molecule has 1 aromatic heterocycles. The number of methoxy groups -OCH3 is 2. The first-order valence-electron chi connectivity index (χ1n) is 10.6. The lowest BCUT2D eigenvalue weighted by atomic mass is 10.2. The highest BCUT2D eigenvalue weighted by Crippen LogP contribution is 2.34. The molecular formula is C26H21FN2O6S. The van der Waals surface area contributed by atoms with Gasteiger partial charge in [-0.25, -0.2) is 9.18 Å². The highest BCUT2D eigenvalue weighted by Gasteiger charge is 2.18. The summed E-state index contributed by atoms with van der Waals surface area (Å²) >= 11 is 0.813. The first-order chi connectivity index (χ1) is 17.4. The van der Waals surface area contributed by atoms with Crippen LogP contribution in [0.5, 0.6) is 17.2 Å². The Bertz CT molecular complexity index is 1370. The van der Waals surface area contributed by atoms with Crippen molar-refractivity contribution in [1.29, 1.82) is 0 Å². The molecule has 4 aromatic rings. The van der Waals surface area contributed by atoms with Gasteiger partial charge in [0, 0.05) is 17.2 Å². The van der Waals surface area contributed by atoms with Gasteiger partial charge in [0.2, 0.25) is 5.89 Å². The van der Waals surface area contributed by atoms with E-state index in [2.05, 4.69) is 10.2 Å². The molecule has 10 heteroatoms. The van der Waals surface area contributed by atoms with Crippen molar-refractivity contribution in [3.63, 3.8) is 0 Å². The normalized spacial score (nSPS) is 11.2. The zero-order valence-corrected chi connectivity index (χ0v) is 20.1. The van der Waals surface area contributed by atoms with Gasteiger partial charge in [-0.3, -0.25) is 0 Å². The molecular weight excluding hydrogens is 487 g/mol. The number of para-hydroxylation sites is 1. The van der Waals surface area contributed by atoms with Crippen molar-refractivity contribution in [3.8, 4) is 28.7 Å². The van der Waals surface area contributed by atoms with E-state index in [0.717, 1.165) is 17.3 Å². The second-order valence-corrected chi connectivity index (χ2v) is 8.34. The topological polar surface area (TPSA) is 104 Å². The van der Waals surface area contributed by atoms with Crippen LogP contribution in [0.1, 0.15) is 11.1 Å². The molecule has 0 saturated heterocycles. The monoisotopic (exact) mass is 508 g/mol. The van der Waals surface area contributed by atoms with E-state index < -0.39 is 5.97 Å². The maximum absolute atomic E-state index is 13.1. The summed E-state index contributed by atoms with van der Waals surface area (Å²) in [5, 5.41) is 17.8. The SMILES string of the molecule is COc1cc(OC)cc(-c2nnc(S/C(=C\c3ccccc3OCc3ccc(F)cc3)C(=O)O)o2)c1. The number of carboxylic acid groups (broad SMARTS) is 1. The Balaban J connectivity index is 1.55. The van der Waals surface area contributed by atoms with Gasteiger partial charge in [0.05, 0.1) is 14.2 Å². The van der Waals surface area contributed by atoms with Crippen LogP contribution in [0.15, 0.2) is 81.3 Å². The maximum atomic E-state index is 13.1. The first kappa shape index (κ1) is 24.8. The number of hydrogen-bond donors (Lipinski definition) is 1. The molecule has 0 radical (unpaired) electrons. The number of ether oxygens (including phenoxy) is 3. The van der Waals surface area contributed by atoms with E-state index in [-0.39, 0.29) is 28.4 Å². The fourth-order valence-corrected chi connectivity index (χ4v) is 3.81. The summed E-state index contributed by atoms with van der Waals surface area (Å²) in [6.07, 6.45) is 1.46. The molecule has 0 spiro atoms. The van der Waals surface area contributed by atoms with E-state index in [1.165, 1.54) is 32.4 Å². The van der Waals surface area contributed by atoms with Crippen molar-refractivity contribution >= 4 is 23.8 Å². The second kappa shape index (κ2) is 11.4. The fourth-order valence-electron chi connectivity index (χ4n) is 3.14. The van der Waals surface area contributed by atoms with Gasteiger partial charge in [-0.1, -0.05) is 30.3 Å². The summed E-state index contributed by atoms with van der Waals surface area (Å²) in [5.41, 5.74) is 1.88. The second-order valence-electron chi connectivity index (χ2n) is 7.34. The fraction of sp³-hybridized carbons (Fsp3) is 0.115. The predicted molar refractivity (Wildman–Crippen MR) is 131 cm³/mol. The van der Waals surface area contributed by atoms with Crippen LogP contribution < -0.4 is 14.2 Å². The summed E-state index contributed by atoms with van der Waals surface area (Å²) in [5.74, 6) is 0.231. The number of carbonyl (C=O) groups is 1. The molecule has 0 unspecified atom stereocenters. The number of aromatic nitrogens is 2. The molecule has 0 aliphatic carbocycles. The molecule has 0 aliphatic rings. The molecule has 184 valence electrons. The van der Waals surface area contributed by atoms with Gasteiger partial charge >= 0.3 is 5.97 Å². The average molecular weight is 509 g/mol. The lowest BCUT2D eigenvalue weighted by molar-refractivity contribution is -0.131. The van der Waals surface area contributed by atoms with Crippen molar-refractivity contribution in [2.75, 3.05) is 14.2 Å². The van der Waals surface area contributed by atoms with Crippen molar-refractivity contribution in [2.45, 2.75) is 11.8 Å². The largest absolute Gasteiger partial charge is 0.497 e. The zero-order chi connectivity index (χ0) is 25.5. The van der Waals surface area contributed by atoms with Crippen molar-refractivity contribution in [1.82, 2.24) is 10.2 Å². The lowest BCUT2D eigenvalue weighted by Crippen LogP contribution is -1.99. The molecule has 0 amide bonds. The minimum Gasteiger partial charge on any atom is -0.497 e. The molecule has 4 rings (SSSR count). The number of carboxylic acids is 1. The van der Waals surface area contributed by atoms with Crippen molar-refractivity contribution in [2.24, 2.45) is 0 Å². The molecule has 1 heterocycles. The lowest BCUT2D eigenvalue weighted by Gasteiger charge is -2.10. The van der Waals surface area contributed by atoms with E-state index in [1.807, 2.05) is 0 Å². The average Bonchev–Trinajstić information content (AvgIpc) is 3.37. The molecule has 3 aromatic carbocycles. The number of thioether (sulfide) groups is 1. The first-order valence-corrected chi connectivity index (χ1v) is 11.4. The number of halogens is 1. The summed E-state index contributed by atoms with van der Waals surface area (Å²) in [7, 11) is 3.05. The quantitative estimate of drug-likeness (QED) is 0.214. The van der Waals surface area contributed by atoms with E-state index in [9.17, 15) is 14.3 Å². The summed E-state index contributed by atoms with van der Waals surface area (Å²) in [6, 6.07) is 18.0. The number of aliphatic carboxylic acids is 1. The molecule has 0 aliphatic heterocycles. The minimum absolute atomic E-state index is 0.0464. The van der Waals surface area contributed by atoms with Crippen LogP contribution in [-0.4, -0.2) is 35.5 Å². The molecule has 1 N–H and O–H groups in total. The number of hydrogen-bond acceptors (Lipinski definition) is 8. The van der Waals surface area contributed by atoms with Crippen LogP contribution >= 0.6 is 11.8 Å². The molecule has 36 heavy (non-hydrogen) atoms. The summed E-state index contributed by atoms with van der Waals surface area (Å²) < 4.78 is 35.2. The minimum atomic E-state index is -1.17. The van der Waals surface area contributed by atoms with Crippen LogP contribution in [0.4, 0.5) is 4.39 Å². The Kier molecular flexibility index (Phi) is 7.86. The van der Waals surface area contributed by atoms with Crippen LogP contribution in [-0.2, 0) is 11.4 Å². The van der Waals surface area contributed by atoms with Crippen LogP contribution in [0.2, 0.25) is 0 Å². The molecule has 0 fully saturated rings. The van der Waals surface area contributed by atoms with Gasteiger partial charge in [0.15, 0.2) is 0 Å². The zero-order valence-electron chi connectivity index (χ0n) is 19.3. The van der Waals surface area contributed by atoms with Gasteiger partial charge in [0.1, 0.15) is 34.6 Å². The van der Waals surface area contributed by atoms with Gasteiger partial charge in [-0.2, -0.15) is 0 Å². The Morgan fingerprint density at radius 1 is 1.03 bits per heavy atom. The maximum Gasteiger partial charge on any atom is 0.342 e. The van der Waals surface area contributed by atoms with E-state index in [1.54, 1.807) is 54.6 Å². The molecule has 8 nitrogen and oxygen atoms in total. The highest BCUT2D eigenvalue weighted by molar-refractivity contribution is 8.03. The Labute approximate surface area is 210 Å². The smallest absolute Gasteiger partial charge is 0.342 e. The van der Waals surface area contributed by atoms with Gasteiger partial charge < -0.3 is 23.7 Å². The van der Waals surface area contributed by atoms with E-state index in [4.69, 9.17) is 18.6 Å². The van der Waals surface area contributed by atoms with Crippen LogP contribution in [0.3, 0.4) is 0 Å². The van der Waals surface area contributed by atoms with E-state index in [0.29, 0.717) is 28.4 Å². The van der Waals surface area contributed by atoms with Gasteiger partial charge in [-0.15, -0.1) is 10.2 Å². The Morgan fingerprint density at radius 3 is 2.39 bits per heavy atom. The highest BCUT2D eigenvalue weighted by atomic mass is 32.2. The molecule has 0 atom stereocenters. The van der Waals surface area contributed by atoms with Gasteiger partial charge in [0.25, 0.3) is 5.22 Å². The third kappa shape index (κ3) is 6.22. The predicted octanol–water partition coefficient (Wildman–Crippen LogP) is 5.69. The van der Waals surface area contributed by atoms with Crippen molar-refractivity contribution in [3.05, 3.63) is 88.6 Å². The summed E-state index contributed by atoms with van der Waals surface area (Å²) in [6.45, 7) is 0.192. The molecule has 0 saturated carbocycles. The third-order valence-electron chi connectivity index (χ3n) is 4.93. The molecule has 0 bridgehead atoms. The number of benzene rings is 3. The number of nitrogens with zero attached hydrogens (tertiary/aromatic N) is 2. The van der Waals surface area contributed by atoms with Crippen LogP contribution in [0, 0.1) is 5.82 Å².